The van der Waals surface area contributed by atoms with E-state index in [-0.39, 0.29) is 11.8 Å². The van der Waals surface area contributed by atoms with Crippen molar-refractivity contribution in [3.8, 4) is 0 Å². The van der Waals surface area contributed by atoms with E-state index in [2.05, 4.69) is 10.2 Å². The predicted molar refractivity (Wildman–Crippen MR) is 193 cm³/mol. The quantitative estimate of drug-likeness (QED) is 0.150. The summed E-state index contributed by atoms with van der Waals surface area (Å²) in [4.78, 5) is 0. The molecule has 308 valence electrons. The molecule has 2 saturated heterocycles. The fourth-order valence-electron chi connectivity index (χ4n) is 8.73. The minimum Gasteiger partial charge on any atom is -0.166 e. The van der Waals surface area contributed by atoms with Crippen molar-refractivity contribution in [1.29, 1.82) is 0 Å². The number of rotatable bonds is 6. The Labute approximate surface area is 322 Å². The molecule has 4 nitrogen and oxygen atoms in total. The second-order valence-electron chi connectivity index (χ2n) is 15.2. The lowest BCUT2D eigenvalue weighted by Gasteiger charge is -2.43. The van der Waals surface area contributed by atoms with Crippen LogP contribution in [0.4, 0.5) is 52.7 Å². The molecule has 2 aliphatic heterocycles. The van der Waals surface area contributed by atoms with Crippen LogP contribution in [-0.2, 0) is 35.8 Å². The summed E-state index contributed by atoms with van der Waals surface area (Å²) in [5.74, 6) is -0.729. The smallest absolute Gasteiger partial charge is 0.166 e. The van der Waals surface area contributed by atoms with Gasteiger partial charge in [0.2, 0.25) is 0 Å². The first-order valence-corrected chi connectivity index (χ1v) is 19.6. The molecular weight excluding hydrogens is 795 g/mol. The Morgan fingerprint density at radius 1 is 0.421 bits per heavy atom. The van der Waals surface area contributed by atoms with Crippen molar-refractivity contribution in [3.05, 3.63) is 142 Å². The van der Waals surface area contributed by atoms with E-state index in [1.54, 1.807) is 14.1 Å². The molecule has 0 bridgehead atoms. The number of halogens is 12. The van der Waals surface area contributed by atoms with E-state index in [9.17, 15) is 52.7 Å². The Kier molecular flexibility index (Phi) is 10.7. The van der Waals surface area contributed by atoms with Gasteiger partial charge in [-0.2, -0.15) is 52.7 Å². The molecule has 0 unspecified atom stereocenters. The van der Waals surface area contributed by atoms with E-state index in [0.29, 0.717) is 22.3 Å². The topological polar surface area (TPSA) is 30.5 Å². The zero-order valence-corrected chi connectivity index (χ0v) is 32.3. The maximum Gasteiger partial charge on any atom is 0.416 e. The zero-order valence-electron chi connectivity index (χ0n) is 31.4. The first-order valence-electron chi connectivity index (χ1n) is 17.9. The van der Waals surface area contributed by atoms with Gasteiger partial charge in [0.05, 0.1) is 34.3 Å². The van der Waals surface area contributed by atoms with Crippen LogP contribution in [0.1, 0.15) is 72.2 Å². The van der Waals surface area contributed by atoms with Crippen LogP contribution in [0.5, 0.6) is 0 Å². The summed E-state index contributed by atoms with van der Waals surface area (Å²) >= 11 is 0. The van der Waals surface area contributed by atoms with E-state index in [0.717, 1.165) is 48.5 Å². The molecule has 6 rings (SSSR count). The van der Waals surface area contributed by atoms with E-state index in [1.807, 2.05) is 37.0 Å². The van der Waals surface area contributed by atoms with Crippen LogP contribution in [0.2, 0.25) is 0 Å². The number of alkyl halides is 12. The van der Waals surface area contributed by atoms with Crippen molar-refractivity contribution in [2.75, 3.05) is 14.1 Å². The predicted octanol–water partition coefficient (Wildman–Crippen LogP) is 11.7. The molecule has 0 radical (unpaired) electrons. The van der Waals surface area contributed by atoms with E-state index < -0.39 is 78.0 Å². The van der Waals surface area contributed by atoms with E-state index >= 15 is 0 Å². The van der Waals surface area contributed by atoms with Gasteiger partial charge in [0.25, 0.3) is 0 Å². The van der Waals surface area contributed by atoms with Crippen LogP contribution >= 0.6 is 7.87 Å². The molecule has 1 spiro atoms. The number of hydrogen-bond acceptors (Lipinski definition) is 4. The lowest BCUT2D eigenvalue weighted by Crippen LogP contribution is -2.51. The summed E-state index contributed by atoms with van der Waals surface area (Å²) < 4.78 is 170. The van der Waals surface area contributed by atoms with Crippen LogP contribution in [0, 0.1) is 11.8 Å². The summed E-state index contributed by atoms with van der Waals surface area (Å²) in [6, 6.07) is 15.9. The van der Waals surface area contributed by atoms with Crippen molar-refractivity contribution < 1.29 is 52.7 Å². The average Bonchev–Trinajstić information content (AvgIpc) is 3.55. The van der Waals surface area contributed by atoms with Gasteiger partial charge in [0, 0.05) is 14.1 Å². The molecule has 2 aliphatic rings. The van der Waals surface area contributed by atoms with Crippen LogP contribution < -0.4 is 10.2 Å². The lowest BCUT2D eigenvalue weighted by atomic mass is 9.73. The maximum atomic E-state index is 13.9. The number of hydrogen-bond donors (Lipinski definition) is 2. The summed E-state index contributed by atoms with van der Waals surface area (Å²) in [7, 11) is -0.0532. The highest BCUT2D eigenvalue weighted by Gasteiger charge is 2.78. The van der Waals surface area contributed by atoms with Crippen LogP contribution in [-0.4, -0.2) is 35.5 Å². The third-order valence-corrected chi connectivity index (χ3v) is 15.0. The summed E-state index contributed by atoms with van der Waals surface area (Å²) in [6.45, 7) is 7.35. The molecule has 4 aromatic rings. The first kappa shape index (κ1) is 42.9. The highest BCUT2D eigenvalue weighted by molar-refractivity contribution is 7.68. The average molecular weight is 836 g/mol. The Hall–Kier alpha value is -3.69. The molecule has 0 saturated carbocycles. The molecule has 57 heavy (non-hydrogen) atoms. The molecule has 2 fully saturated rings. The first-order chi connectivity index (χ1) is 26.2. The third-order valence-electron chi connectivity index (χ3n) is 11.4. The van der Waals surface area contributed by atoms with Crippen LogP contribution in [0.15, 0.2) is 97.1 Å². The van der Waals surface area contributed by atoms with Crippen LogP contribution in [0.25, 0.3) is 0 Å². The fraction of sp³-hybridized carbons (Fsp3) is 0.400. The Balaban J connectivity index is 1.66. The maximum absolute atomic E-state index is 13.9. The van der Waals surface area contributed by atoms with Crippen molar-refractivity contribution in [1.82, 2.24) is 19.5 Å². The third kappa shape index (κ3) is 6.92. The molecule has 17 heteroatoms. The molecular formula is C40H40F12N4P+. The van der Waals surface area contributed by atoms with Gasteiger partial charge < -0.3 is 0 Å². The van der Waals surface area contributed by atoms with Gasteiger partial charge in [-0.15, -0.1) is 19.5 Å². The molecule has 0 aliphatic carbocycles. The molecule has 0 aromatic heterocycles. The Bertz CT molecular complexity index is 1770. The highest BCUT2D eigenvalue weighted by Crippen LogP contribution is 2.76. The highest BCUT2D eigenvalue weighted by atomic mass is 31.2. The summed E-state index contributed by atoms with van der Waals surface area (Å²) in [6.07, 6.45) is -18.8. The minimum absolute atomic E-state index is 0.304. The molecule has 4 aromatic carbocycles. The SMILES string of the molecule is CC(C)[C@@H]1N[P+]2(N[C@@H](C(C)C)C(c3ccc(C(F)(F)F)cc3)(c3ccc(C(F)(F)F)cc3)N2C)N(C)C1(c1ccc(C(F)(F)F)cc1)c1ccc(C(F)(F)F)cc1. The zero-order chi connectivity index (χ0) is 42.3. The number of benzene rings is 4. The Morgan fingerprint density at radius 2 is 0.614 bits per heavy atom. The fourth-order valence-corrected chi connectivity index (χ4v) is 13.3. The molecule has 2 heterocycles. The normalized spacial score (nSPS) is 21.6. The van der Waals surface area contributed by atoms with Crippen LogP contribution in [0.3, 0.4) is 0 Å². The van der Waals surface area contributed by atoms with Gasteiger partial charge in [-0.1, -0.05) is 76.2 Å². The van der Waals surface area contributed by atoms with Gasteiger partial charge >= 0.3 is 32.6 Å². The van der Waals surface area contributed by atoms with Crippen molar-refractivity contribution in [2.45, 2.75) is 75.6 Å². The number of likely N-dealkylation sites (N-methyl/N-ethyl adjacent to an activating group) is 2. The van der Waals surface area contributed by atoms with Gasteiger partial charge in [-0.05, 0) is 82.6 Å². The van der Waals surface area contributed by atoms with Gasteiger partial charge in [-0.3, -0.25) is 0 Å². The van der Waals surface area contributed by atoms with Crippen molar-refractivity contribution >= 4 is 7.87 Å². The summed E-state index contributed by atoms with van der Waals surface area (Å²) in [5.41, 5.74) is -5.57. The van der Waals surface area contributed by atoms with Gasteiger partial charge in [0.15, 0.2) is 0 Å². The monoisotopic (exact) mass is 835 g/mol. The van der Waals surface area contributed by atoms with Gasteiger partial charge in [0.1, 0.15) is 11.1 Å². The largest absolute Gasteiger partial charge is 0.416 e. The van der Waals surface area contributed by atoms with Crippen molar-refractivity contribution in [3.63, 3.8) is 0 Å². The second-order valence-corrected chi connectivity index (χ2v) is 18.1. The molecule has 2 N–H and O–H groups in total. The number of nitrogens with zero attached hydrogens (tertiary/aromatic N) is 2. The lowest BCUT2D eigenvalue weighted by molar-refractivity contribution is -0.138. The second kappa shape index (κ2) is 14.2. The Morgan fingerprint density at radius 3 is 0.772 bits per heavy atom. The standard InChI is InChI=1S/C40H40F12N4P/c1-23(2)33-35(25-7-15-29(16-8-25)37(41,42)43,26-9-17-30(18-10-26)38(44,45)46)55(5)57(53-33)54-34(24(3)4)36(56(57)6,27-11-19-31(20-12-27)39(47,48)49)28-13-21-32(22-14-28)40(50,51)52/h7-24,33-34,53-54H,1-6H3/q+1/t33-,34-,57?/m0/s1. The number of nitrogens with one attached hydrogen (secondary N) is 2. The van der Waals surface area contributed by atoms with Gasteiger partial charge in [-0.25, -0.2) is 0 Å². The minimum atomic E-state index is -4.70. The molecule has 0 amide bonds. The molecule has 2 atom stereocenters. The van der Waals surface area contributed by atoms with Crippen molar-refractivity contribution in [2.24, 2.45) is 11.8 Å². The van der Waals surface area contributed by atoms with E-state index in [4.69, 9.17) is 0 Å². The summed E-state index contributed by atoms with van der Waals surface area (Å²) in [5, 5.41) is 7.48. The van der Waals surface area contributed by atoms with E-state index in [1.165, 1.54) is 48.5 Å².